The number of esters is 1. The van der Waals surface area contributed by atoms with Gasteiger partial charge >= 0.3 is 5.97 Å². The van der Waals surface area contributed by atoms with Crippen LogP contribution in [0.4, 0.5) is 0 Å². The van der Waals surface area contributed by atoms with Gasteiger partial charge in [-0.05, 0) is 12.1 Å². The zero-order valence-corrected chi connectivity index (χ0v) is 13.8. The predicted molar refractivity (Wildman–Crippen MR) is 90.8 cm³/mol. The zero-order valence-electron chi connectivity index (χ0n) is 13.8. The maximum Gasteiger partial charge on any atom is 0.308 e. The molecule has 0 spiro atoms. The lowest BCUT2D eigenvalue weighted by molar-refractivity contribution is -0.131. The van der Waals surface area contributed by atoms with Gasteiger partial charge in [0.05, 0.1) is 12.7 Å². The van der Waals surface area contributed by atoms with Gasteiger partial charge < -0.3 is 29.2 Å². The molecule has 1 aromatic heterocycles. The highest BCUT2D eigenvalue weighted by Gasteiger charge is 2.25. The van der Waals surface area contributed by atoms with Crippen LogP contribution in [0.3, 0.4) is 0 Å². The Morgan fingerprint density at radius 3 is 2.42 bits per heavy atom. The number of benzene rings is 2. The van der Waals surface area contributed by atoms with Crippen LogP contribution < -0.4 is 14.9 Å². The topological polar surface area (TPSA) is 126 Å². The molecule has 8 heteroatoms. The lowest BCUT2D eigenvalue weighted by Crippen LogP contribution is -2.08. The van der Waals surface area contributed by atoms with Crippen LogP contribution in [0.15, 0.2) is 39.5 Å². The highest BCUT2D eigenvalue weighted by molar-refractivity contribution is 5.95. The molecule has 2 aromatic carbocycles. The lowest BCUT2D eigenvalue weighted by Gasteiger charge is -2.13. The molecule has 134 valence electrons. The Morgan fingerprint density at radius 1 is 1.12 bits per heavy atom. The van der Waals surface area contributed by atoms with Gasteiger partial charge in [-0.1, -0.05) is 12.1 Å². The van der Waals surface area contributed by atoms with Crippen LogP contribution >= 0.6 is 0 Å². The number of methoxy groups -OCH3 is 1. The standard InChI is InChI=1S/C18H14O8/c1-8(19)25-17-12(24-2)7-11(21)13-14(22)15(23)16(26-18(13)17)9-5-3-4-6-10(9)20/h3-7,20-21,23H,1-2H3. The fourth-order valence-electron chi connectivity index (χ4n) is 2.53. The summed E-state index contributed by atoms with van der Waals surface area (Å²) in [5.74, 6) is -2.93. The summed E-state index contributed by atoms with van der Waals surface area (Å²) in [6.45, 7) is 1.14. The van der Waals surface area contributed by atoms with Gasteiger partial charge in [0.15, 0.2) is 17.1 Å². The highest BCUT2D eigenvalue weighted by Crippen LogP contribution is 2.44. The van der Waals surface area contributed by atoms with Gasteiger partial charge in [0.25, 0.3) is 0 Å². The number of carbonyl (C=O) groups excluding carboxylic acids is 1. The van der Waals surface area contributed by atoms with Crippen molar-refractivity contribution in [2.24, 2.45) is 0 Å². The number of ether oxygens (including phenoxy) is 2. The van der Waals surface area contributed by atoms with Gasteiger partial charge in [0, 0.05) is 13.0 Å². The predicted octanol–water partition coefficient (Wildman–Crippen LogP) is 2.51. The van der Waals surface area contributed by atoms with E-state index in [0.29, 0.717) is 0 Å². The van der Waals surface area contributed by atoms with E-state index in [1.54, 1.807) is 12.1 Å². The zero-order chi connectivity index (χ0) is 19.0. The molecule has 0 aliphatic heterocycles. The van der Waals surface area contributed by atoms with E-state index >= 15 is 0 Å². The molecule has 0 aliphatic rings. The third-order valence-corrected chi connectivity index (χ3v) is 3.66. The van der Waals surface area contributed by atoms with Crippen molar-refractivity contribution in [3.63, 3.8) is 0 Å². The minimum atomic E-state index is -0.960. The van der Waals surface area contributed by atoms with Gasteiger partial charge in [0.2, 0.25) is 16.9 Å². The number of fused-ring (bicyclic) bond motifs is 1. The summed E-state index contributed by atoms with van der Waals surface area (Å²) >= 11 is 0. The van der Waals surface area contributed by atoms with Crippen LogP contribution in [0.25, 0.3) is 22.3 Å². The number of phenolic OH excluding ortho intramolecular Hbond substituents is 2. The number of phenols is 2. The minimum Gasteiger partial charge on any atom is -0.507 e. The second kappa shape index (κ2) is 6.32. The van der Waals surface area contributed by atoms with E-state index in [1.807, 2.05) is 0 Å². The molecule has 0 fully saturated rings. The SMILES string of the molecule is COc1cc(O)c2c(=O)c(O)c(-c3ccccc3O)oc2c1OC(C)=O. The monoisotopic (exact) mass is 358 g/mol. The molecule has 0 aliphatic carbocycles. The molecule has 0 bridgehead atoms. The quantitative estimate of drug-likeness (QED) is 0.481. The number of carbonyl (C=O) groups is 1. The van der Waals surface area contributed by atoms with E-state index in [2.05, 4.69) is 0 Å². The van der Waals surface area contributed by atoms with Crippen molar-refractivity contribution in [3.8, 4) is 40.1 Å². The summed E-state index contributed by atoms with van der Waals surface area (Å²) in [6, 6.07) is 6.94. The van der Waals surface area contributed by atoms with E-state index in [9.17, 15) is 24.9 Å². The van der Waals surface area contributed by atoms with Crippen molar-refractivity contribution < 1.29 is 34.0 Å². The molecule has 0 saturated heterocycles. The van der Waals surface area contributed by atoms with E-state index in [0.717, 1.165) is 13.0 Å². The van der Waals surface area contributed by atoms with Gasteiger partial charge in [-0.25, -0.2) is 0 Å². The third-order valence-electron chi connectivity index (χ3n) is 3.66. The number of hydrogen-bond acceptors (Lipinski definition) is 8. The number of aromatic hydroxyl groups is 3. The van der Waals surface area contributed by atoms with E-state index < -0.39 is 28.3 Å². The van der Waals surface area contributed by atoms with Crippen LogP contribution in [-0.2, 0) is 4.79 Å². The molecule has 3 N–H and O–H groups in total. The number of hydrogen-bond donors (Lipinski definition) is 3. The molecule has 0 unspecified atom stereocenters. The molecule has 0 atom stereocenters. The first-order valence-corrected chi connectivity index (χ1v) is 7.41. The van der Waals surface area contributed by atoms with Crippen molar-refractivity contribution in [3.05, 3.63) is 40.6 Å². The molecule has 26 heavy (non-hydrogen) atoms. The Kier molecular flexibility index (Phi) is 4.17. The number of para-hydroxylation sites is 1. The summed E-state index contributed by atoms with van der Waals surface area (Å²) in [7, 11) is 1.27. The minimum absolute atomic E-state index is 0.0417. The van der Waals surface area contributed by atoms with Crippen LogP contribution in [0, 0.1) is 0 Å². The van der Waals surface area contributed by atoms with Crippen molar-refractivity contribution >= 4 is 16.9 Å². The second-order valence-corrected chi connectivity index (χ2v) is 5.35. The normalized spacial score (nSPS) is 10.7. The first-order chi connectivity index (χ1) is 12.3. The van der Waals surface area contributed by atoms with Crippen molar-refractivity contribution in [1.29, 1.82) is 0 Å². The summed E-state index contributed by atoms with van der Waals surface area (Å²) < 4.78 is 15.7. The average molecular weight is 358 g/mol. The third kappa shape index (κ3) is 2.67. The van der Waals surface area contributed by atoms with E-state index in [4.69, 9.17) is 13.9 Å². The van der Waals surface area contributed by atoms with Crippen LogP contribution in [-0.4, -0.2) is 28.4 Å². The van der Waals surface area contributed by atoms with E-state index in [1.165, 1.54) is 19.2 Å². The first kappa shape index (κ1) is 17.2. The van der Waals surface area contributed by atoms with Crippen molar-refractivity contribution in [1.82, 2.24) is 0 Å². The summed E-state index contributed by atoms with van der Waals surface area (Å²) in [5, 5.41) is 30.0. The summed E-state index contributed by atoms with van der Waals surface area (Å²) in [5.41, 5.74) is -1.23. The highest BCUT2D eigenvalue weighted by atomic mass is 16.6. The largest absolute Gasteiger partial charge is 0.507 e. The van der Waals surface area contributed by atoms with Crippen LogP contribution in [0.5, 0.6) is 28.7 Å². The fraction of sp³-hybridized carbons (Fsp3) is 0.111. The second-order valence-electron chi connectivity index (χ2n) is 5.35. The molecule has 3 rings (SSSR count). The van der Waals surface area contributed by atoms with E-state index in [-0.39, 0.29) is 34.2 Å². The van der Waals surface area contributed by atoms with Gasteiger partial charge in [-0.3, -0.25) is 9.59 Å². The Bertz CT molecular complexity index is 1080. The Balaban J connectivity index is 2.48. The average Bonchev–Trinajstić information content (AvgIpc) is 2.60. The van der Waals surface area contributed by atoms with Crippen molar-refractivity contribution in [2.75, 3.05) is 7.11 Å². The van der Waals surface area contributed by atoms with Crippen LogP contribution in [0.1, 0.15) is 6.92 Å². The molecule has 8 nitrogen and oxygen atoms in total. The maximum atomic E-state index is 12.6. The summed E-state index contributed by atoms with van der Waals surface area (Å²) in [4.78, 5) is 24.0. The number of rotatable bonds is 3. The maximum absolute atomic E-state index is 12.6. The Labute approximate surface area is 146 Å². The van der Waals surface area contributed by atoms with Gasteiger partial charge in [0.1, 0.15) is 16.9 Å². The fourth-order valence-corrected chi connectivity index (χ4v) is 2.53. The molecular formula is C18H14O8. The Morgan fingerprint density at radius 2 is 1.81 bits per heavy atom. The molecule has 0 saturated carbocycles. The smallest absolute Gasteiger partial charge is 0.308 e. The first-order valence-electron chi connectivity index (χ1n) is 7.41. The Hall–Kier alpha value is -3.68. The van der Waals surface area contributed by atoms with Gasteiger partial charge in [-0.2, -0.15) is 0 Å². The van der Waals surface area contributed by atoms with Gasteiger partial charge in [-0.15, -0.1) is 0 Å². The summed E-state index contributed by atoms with van der Waals surface area (Å²) in [6.07, 6.45) is 0. The van der Waals surface area contributed by atoms with Crippen molar-refractivity contribution in [2.45, 2.75) is 6.92 Å². The molecular weight excluding hydrogens is 344 g/mol. The molecule has 3 aromatic rings. The molecule has 0 amide bonds. The van der Waals surface area contributed by atoms with Crippen LogP contribution in [0.2, 0.25) is 0 Å². The molecule has 1 heterocycles. The lowest BCUT2D eigenvalue weighted by atomic mass is 10.1. The molecule has 0 radical (unpaired) electrons.